The minimum Gasteiger partial charge on any atom is -0.495 e. The molecule has 0 aliphatic carbocycles. The highest BCUT2D eigenvalue weighted by atomic mass is 35.5. The van der Waals surface area contributed by atoms with Gasteiger partial charge in [-0.1, -0.05) is 23.7 Å². The van der Waals surface area contributed by atoms with Gasteiger partial charge >= 0.3 is 0 Å². The van der Waals surface area contributed by atoms with Gasteiger partial charge in [0, 0.05) is 5.02 Å². The molecule has 116 valence electrons. The van der Waals surface area contributed by atoms with Crippen LogP contribution in [0.5, 0.6) is 11.5 Å². The number of rotatable bonds is 3. The van der Waals surface area contributed by atoms with Gasteiger partial charge in [-0.05, 0) is 30.3 Å². The zero-order valence-electron chi connectivity index (χ0n) is 11.8. The van der Waals surface area contributed by atoms with Crippen LogP contribution in [0.1, 0.15) is 0 Å². The van der Waals surface area contributed by atoms with Gasteiger partial charge in [-0.2, -0.15) is 0 Å². The summed E-state index contributed by atoms with van der Waals surface area (Å²) in [6.45, 7) is 0.522. The summed E-state index contributed by atoms with van der Waals surface area (Å²) in [6.07, 6.45) is 0. The molecule has 0 amide bonds. The molecule has 0 atom stereocenters. The average molecular weight is 340 g/mol. The average Bonchev–Trinajstić information content (AvgIpc) is 2.54. The number of para-hydroxylation sites is 2. The summed E-state index contributed by atoms with van der Waals surface area (Å²) in [5, 5.41) is 0.334. The molecule has 0 spiro atoms. The lowest BCUT2D eigenvalue weighted by Gasteiger charge is -2.30. The standard InChI is InChI=1S/C15H14ClNO4S/c1-20-14-7-6-11(16)10-15(14)22(18,19)17-8-9-21-13-5-3-2-4-12(13)17/h2-7,10H,8-9H2,1H3. The highest BCUT2D eigenvalue weighted by molar-refractivity contribution is 7.93. The second kappa shape index (κ2) is 5.70. The quantitative estimate of drug-likeness (QED) is 0.862. The van der Waals surface area contributed by atoms with Crippen LogP contribution in [0.25, 0.3) is 0 Å². The number of nitrogens with zero attached hydrogens (tertiary/aromatic N) is 1. The molecule has 0 saturated heterocycles. The van der Waals surface area contributed by atoms with Crippen molar-refractivity contribution in [1.82, 2.24) is 0 Å². The van der Waals surface area contributed by atoms with Crippen molar-refractivity contribution in [2.45, 2.75) is 4.90 Å². The molecular weight excluding hydrogens is 326 g/mol. The first-order valence-electron chi connectivity index (χ1n) is 6.62. The molecule has 7 heteroatoms. The number of benzene rings is 2. The van der Waals surface area contributed by atoms with Crippen molar-refractivity contribution in [3.8, 4) is 11.5 Å². The Labute approximate surface area is 134 Å². The Morgan fingerprint density at radius 3 is 2.77 bits per heavy atom. The van der Waals surface area contributed by atoms with E-state index in [1.807, 2.05) is 0 Å². The molecule has 0 fully saturated rings. The maximum absolute atomic E-state index is 13.0. The molecule has 0 N–H and O–H groups in total. The molecule has 3 rings (SSSR count). The first-order valence-corrected chi connectivity index (χ1v) is 8.44. The number of hydrogen-bond acceptors (Lipinski definition) is 4. The maximum atomic E-state index is 13.0. The van der Waals surface area contributed by atoms with Crippen LogP contribution in [0.3, 0.4) is 0 Å². The van der Waals surface area contributed by atoms with E-state index in [0.29, 0.717) is 23.1 Å². The van der Waals surface area contributed by atoms with Crippen molar-refractivity contribution in [1.29, 1.82) is 0 Å². The minimum absolute atomic E-state index is 0.0409. The number of ether oxygens (including phenoxy) is 2. The third kappa shape index (κ3) is 2.48. The molecule has 1 aliphatic heterocycles. The fourth-order valence-corrected chi connectivity index (χ4v) is 4.25. The van der Waals surface area contributed by atoms with Crippen molar-refractivity contribution in [2.75, 3.05) is 24.6 Å². The van der Waals surface area contributed by atoms with E-state index in [4.69, 9.17) is 21.1 Å². The van der Waals surface area contributed by atoms with Crippen molar-refractivity contribution in [3.63, 3.8) is 0 Å². The fraction of sp³-hybridized carbons (Fsp3) is 0.200. The van der Waals surface area contributed by atoms with Crippen LogP contribution in [0.2, 0.25) is 5.02 Å². The number of anilines is 1. The van der Waals surface area contributed by atoms with Gasteiger partial charge in [0.05, 0.1) is 19.3 Å². The maximum Gasteiger partial charge on any atom is 0.268 e. The minimum atomic E-state index is -3.80. The lowest BCUT2D eigenvalue weighted by molar-refractivity contribution is 0.315. The molecule has 0 bridgehead atoms. The topological polar surface area (TPSA) is 55.8 Å². The summed E-state index contributed by atoms with van der Waals surface area (Å²) in [6, 6.07) is 11.6. The Morgan fingerprint density at radius 1 is 1.23 bits per heavy atom. The van der Waals surface area contributed by atoms with Crippen LogP contribution in [0.15, 0.2) is 47.4 Å². The Bertz CT molecular complexity index is 807. The smallest absolute Gasteiger partial charge is 0.268 e. The molecular formula is C15H14ClNO4S. The van der Waals surface area contributed by atoms with Gasteiger partial charge in [0.1, 0.15) is 23.0 Å². The van der Waals surface area contributed by atoms with Crippen LogP contribution in [0.4, 0.5) is 5.69 Å². The van der Waals surface area contributed by atoms with Crippen molar-refractivity contribution < 1.29 is 17.9 Å². The summed E-state index contributed by atoms with van der Waals surface area (Å²) in [7, 11) is -2.37. The number of sulfonamides is 1. The number of fused-ring (bicyclic) bond motifs is 1. The zero-order valence-corrected chi connectivity index (χ0v) is 13.4. The first-order chi connectivity index (χ1) is 10.5. The Balaban J connectivity index is 2.14. The van der Waals surface area contributed by atoms with Gasteiger partial charge < -0.3 is 9.47 Å². The van der Waals surface area contributed by atoms with E-state index in [9.17, 15) is 8.42 Å². The highest BCUT2D eigenvalue weighted by Crippen LogP contribution is 2.37. The lowest BCUT2D eigenvalue weighted by Crippen LogP contribution is -2.38. The van der Waals surface area contributed by atoms with Gasteiger partial charge in [0.25, 0.3) is 10.0 Å². The van der Waals surface area contributed by atoms with E-state index in [2.05, 4.69) is 0 Å². The summed E-state index contributed by atoms with van der Waals surface area (Å²) < 4.78 is 38.0. The van der Waals surface area contributed by atoms with E-state index in [0.717, 1.165) is 0 Å². The second-order valence-corrected chi connectivity index (χ2v) is 6.96. The normalized spacial score (nSPS) is 14.2. The second-order valence-electron chi connectivity index (χ2n) is 4.69. The Kier molecular flexibility index (Phi) is 3.88. The molecule has 0 aromatic heterocycles. The van der Waals surface area contributed by atoms with Gasteiger partial charge in [-0.25, -0.2) is 8.42 Å². The molecule has 0 saturated carbocycles. The monoisotopic (exact) mass is 339 g/mol. The van der Waals surface area contributed by atoms with Gasteiger partial charge in [0.2, 0.25) is 0 Å². The number of methoxy groups -OCH3 is 1. The van der Waals surface area contributed by atoms with E-state index in [1.54, 1.807) is 36.4 Å². The van der Waals surface area contributed by atoms with Gasteiger partial charge in [-0.3, -0.25) is 4.31 Å². The summed E-state index contributed by atoms with van der Waals surface area (Å²) >= 11 is 5.96. The van der Waals surface area contributed by atoms with Crippen LogP contribution < -0.4 is 13.8 Å². The van der Waals surface area contributed by atoms with E-state index >= 15 is 0 Å². The third-order valence-corrected chi connectivity index (χ3v) is 5.45. The molecule has 2 aromatic carbocycles. The van der Waals surface area contributed by atoms with E-state index in [1.165, 1.54) is 17.5 Å². The van der Waals surface area contributed by atoms with Gasteiger partial charge in [-0.15, -0.1) is 0 Å². The molecule has 5 nitrogen and oxygen atoms in total. The summed E-state index contributed by atoms with van der Waals surface area (Å²) in [4.78, 5) is 0.0409. The van der Waals surface area contributed by atoms with Crippen molar-refractivity contribution >= 4 is 27.3 Å². The van der Waals surface area contributed by atoms with Crippen LogP contribution in [-0.4, -0.2) is 28.7 Å². The molecule has 22 heavy (non-hydrogen) atoms. The Hall–Kier alpha value is -1.92. The van der Waals surface area contributed by atoms with Crippen LogP contribution in [0, 0.1) is 0 Å². The molecule has 2 aromatic rings. The predicted molar refractivity (Wildman–Crippen MR) is 84.5 cm³/mol. The first kappa shape index (κ1) is 15.0. The van der Waals surface area contributed by atoms with Gasteiger partial charge in [0.15, 0.2) is 0 Å². The SMILES string of the molecule is COc1ccc(Cl)cc1S(=O)(=O)N1CCOc2ccccc21. The Morgan fingerprint density at radius 2 is 2.00 bits per heavy atom. The highest BCUT2D eigenvalue weighted by Gasteiger charge is 2.32. The predicted octanol–water partition coefficient (Wildman–Crippen LogP) is 2.94. The third-order valence-electron chi connectivity index (χ3n) is 3.38. The fourth-order valence-electron chi connectivity index (χ4n) is 2.36. The van der Waals surface area contributed by atoms with Crippen molar-refractivity contribution in [3.05, 3.63) is 47.5 Å². The summed E-state index contributed by atoms with van der Waals surface area (Å²) in [5.74, 6) is 0.798. The molecule has 1 heterocycles. The molecule has 1 aliphatic rings. The number of halogens is 1. The van der Waals surface area contributed by atoms with Crippen molar-refractivity contribution in [2.24, 2.45) is 0 Å². The van der Waals surface area contributed by atoms with E-state index < -0.39 is 10.0 Å². The lowest BCUT2D eigenvalue weighted by atomic mass is 10.2. The molecule has 0 radical (unpaired) electrons. The zero-order chi connectivity index (χ0) is 15.7. The molecule has 0 unspecified atom stereocenters. The van der Waals surface area contributed by atoms with E-state index in [-0.39, 0.29) is 17.2 Å². The summed E-state index contributed by atoms with van der Waals surface area (Å²) in [5.41, 5.74) is 0.510. The van der Waals surface area contributed by atoms with Crippen LogP contribution in [-0.2, 0) is 10.0 Å². The number of hydrogen-bond donors (Lipinski definition) is 0. The largest absolute Gasteiger partial charge is 0.495 e. The van der Waals surface area contributed by atoms with Crippen LogP contribution >= 0.6 is 11.6 Å².